The Morgan fingerprint density at radius 2 is 1.97 bits per heavy atom. The number of rotatable bonds is 6. The second-order valence-corrected chi connectivity index (χ2v) is 8.16. The summed E-state index contributed by atoms with van der Waals surface area (Å²) in [6.07, 6.45) is 1.18. The van der Waals surface area contributed by atoms with Crippen LogP contribution in [0.5, 0.6) is 0 Å². The Morgan fingerprint density at radius 1 is 1.21 bits per heavy atom. The molecule has 2 aromatic carbocycles. The van der Waals surface area contributed by atoms with Gasteiger partial charge in [-0.15, -0.1) is 0 Å². The Bertz CT molecular complexity index is 1030. The molecule has 1 N–H and O–H groups in total. The Kier molecular flexibility index (Phi) is 5.37. The van der Waals surface area contributed by atoms with E-state index >= 15 is 0 Å². The third kappa shape index (κ3) is 4.03. The second kappa shape index (κ2) is 7.95. The summed E-state index contributed by atoms with van der Waals surface area (Å²) in [4.78, 5) is 19.6. The Morgan fingerprint density at radius 3 is 2.69 bits per heavy atom. The van der Waals surface area contributed by atoms with E-state index in [9.17, 15) is 14.3 Å². The van der Waals surface area contributed by atoms with E-state index in [2.05, 4.69) is 9.55 Å². The molecule has 152 valence electrons. The number of hydrogen-bond donors (Lipinski definition) is 1. The van der Waals surface area contributed by atoms with Gasteiger partial charge in [0.25, 0.3) is 5.91 Å². The molecule has 1 aromatic heterocycles. The summed E-state index contributed by atoms with van der Waals surface area (Å²) in [5.41, 5.74) is 3.10. The van der Waals surface area contributed by atoms with Gasteiger partial charge in [0.2, 0.25) is 0 Å². The smallest absolute Gasteiger partial charge is 0.254 e. The lowest BCUT2D eigenvalue weighted by molar-refractivity contribution is 0.0594. The molecule has 1 amide bonds. The SMILES string of the molecule is CC(C)CN(C[C@@H](O)c1ccc(F)cc1)C(=O)c1ccc2nc3n(c2c1)CCC3. The molecule has 0 bridgehead atoms. The number of nitrogens with zero attached hydrogens (tertiary/aromatic N) is 3. The van der Waals surface area contributed by atoms with Crippen LogP contribution in [0.4, 0.5) is 4.39 Å². The molecular weight excluding hydrogens is 369 g/mol. The van der Waals surface area contributed by atoms with Crippen molar-refractivity contribution in [2.45, 2.75) is 39.3 Å². The molecule has 0 unspecified atom stereocenters. The highest BCUT2D eigenvalue weighted by atomic mass is 19.1. The zero-order valence-electron chi connectivity index (χ0n) is 16.8. The molecule has 6 heteroatoms. The van der Waals surface area contributed by atoms with Crippen LogP contribution < -0.4 is 0 Å². The van der Waals surface area contributed by atoms with E-state index < -0.39 is 6.10 Å². The standard InChI is InChI=1S/C23H26FN3O2/c1-15(2)13-26(14-21(28)16-5-8-18(24)9-6-16)23(29)17-7-10-19-20(12-17)27-11-3-4-22(27)25-19/h5-10,12,15,21,28H,3-4,11,13-14H2,1-2H3/t21-/m1/s1. The number of benzene rings is 2. The number of carbonyl (C=O) groups is 1. The summed E-state index contributed by atoms with van der Waals surface area (Å²) in [5.74, 6) is 0.866. The normalized spacial score (nSPS) is 14.4. The van der Waals surface area contributed by atoms with Crippen LogP contribution in [0.3, 0.4) is 0 Å². The first kappa shape index (κ1) is 19.6. The number of imidazole rings is 1. The van der Waals surface area contributed by atoms with Gasteiger partial charge in [0.1, 0.15) is 11.6 Å². The highest BCUT2D eigenvalue weighted by Crippen LogP contribution is 2.25. The van der Waals surface area contributed by atoms with E-state index in [0.717, 1.165) is 36.2 Å². The number of aromatic nitrogens is 2. The Hall–Kier alpha value is -2.73. The van der Waals surface area contributed by atoms with E-state index in [4.69, 9.17) is 0 Å². The van der Waals surface area contributed by atoms with Gasteiger partial charge < -0.3 is 14.6 Å². The van der Waals surface area contributed by atoms with Crippen molar-refractivity contribution in [3.8, 4) is 0 Å². The van der Waals surface area contributed by atoms with Crippen molar-refractivity contribution in [2.75, 3.05) is 13.1 Å². The van der Waals surface area contributed by atoms with Gasteiger partial charge >= 0.3 is 0 Å². The van der Waals surface area contributed by atoms with Crippen LogP contribution in [-0.2, 0) is 13.0 Å². The first-order valence-corrected chi connectivity index (χ1v) is 10.1. The molecule has 0 fully saturated rings. The summed E-state index contributed by atoms with van der Waals surface area (Å²) >= 11 is 0. The fourth-order valence-electron chi connectivity index (χ4n) is 4.00. The summed E-state index contributed by atoms with van der Waals surface area (Å²) < 4.78 is 15.4. The van der Waals surface area contributed by atoms with Crippen LogP contribution >= 0.6 is 0 Å². The van der Waals surface area contributed by atoms with E-state index in [1.807, 2.05) is 32.0 Å². The van der Waals surface area contributed by atoms with E-state index in [0.29, 0.717) is 17.7 Å². The number of fused-ring (bicyclic) bond motifs is 3. The number of hydrogen-bond acceptors (Lipinski definition) is 3. The highest BCUT2D eigenvalue weighted by Gasteiger charge is 2.23. The number of aliphatic hydroxyl groups is 1. The monoisotopic (exact) mass is 395 g/mol. The fourth-order valence-corrected chi connectivity index (χ4v) is 4.00. The third-order valence-corrected chi connectivity index (χ3v) is 5.38. The van der Waals surface area contributed by atoms with Gasteiger partial charge in [-0.25, -0.2) is 9.37 Å². The molecule has 3 aromatic rings. The van der Waals surface area contributed by atoms with E-state index in [1.165, 1.54) is 12.1 Å². The first-order chi connectivity index (χ1) is 13.9. The van der Waals surface area contributed by atoms with Crippen molar-refractivity contribution in [1.29, 1.82) is 0 Å². The zero-order chi connectivity index (χ0) is 20.5. The number of carbonyl (C=O) groups excluding carboxylic acids is 1. The molecule has 0 saturated heterocycles. The second-order valence-electron chi connectivity index (χ2n) is 8.16. The maximum atomic E-state index is 13.3. The maximum Gasteiger partial charge on any atom is 0.254 e. The topological polar surface area (TPSA) is 58.4 Å². The van der Waals surface area contributed by atoms with Crippen LogP contribution in [0.15, 0.2) is 42.5 Å². The minimum Gasteiger partial charge on any atom is -0.387 e. The molecule has 1 aliphatic rings. The lowest BCUT2D eigenvalue weighted by Crippen LogP contribution is -2.37. The molecule has 2 heterocycles. The third-order valence-electron chi connectivity index (χ3n) is 5.38. The van der Waals surface area contributed by atoms with Crippen molar-refractivity contribution < 1.29 is 14.3 Å². The number of amides is 1. The molecule has 0 aliphatic carbocycles. The minimum absolute atomic E-state index is 0.115. The zero-order valence-corrected chi connectivity index (χ0v) is 16.8. The van der Waals surface area contributed by atoms with Gasteiger partial charge in [0.05, 0.1) is 23.7 Å². The van der Waals surface area contributed by atoms with Crippen LogP contribution in [0.1, 0.15) is 48.1 Å². The van der Waals surface area contributed by atoms with Crippen molar-refractivity contribution >= 4 is 16.9 Å². The number of aliphatic hydroxyl groups excluding tert-OH is 1. The lowest BCUT2D eigenvalue weighted by atomic mass is 10.1. The summed E-state index contributed by atoms with van der Waals surface area (Å²) in [6, 6.07) is 11.4. The molecular formula is C23H26FN3O2. The predicted octanol–water partition coefficient (Wildman–Crippen LogP) is 3.95. The van der Waals surface area contributed by atoms with Gasteiger partial charge in [-0.2, -0.15) is 0 Å². The van der Waals surface area contributed by atoms with Crippen LogP contribution in [0.2, 0.25) is 0 Å². The average molecular weight is 395 g/mol. The van der Waals surface area contributed by atoms with Crippen molar-refractivity contribution in [1.82, 2.24) is 14.5 Å². The molecule has 5 nitrogen and oxygen atoms in total. The van der Waals surface area contributed by atoms with Gasteiger partial charge in [-0.3, -0.25) is 4.79 Å². The Labute approximate surface area is 169 Å². The minimum atomic E-state index is -0.874. The van der Waals surface area contributed by atoms with Crippen molar-refractivity contribution in [3.05, 3.63) is 65.2 Å². The van der Waals surface area contributed by atoms with Gasteiger partial charge in [-0.1, -0.05) is 26.0 Å². The Balaban J connectivity index is 1.59. The molecule has 0 saturated carbocycles. The molecule has 1 aliphatic heterocycles. The quantitative estimate of drug-likeness (QED) is 0.687. The number of aryl methyl sites for hydroxylation is 2. The predicted molar refractivity (Wildman–Crippen MR) is 110 cm³/mol. The fraction of sp³-hybridized carbons (Fsp3) is 0.391. The molecule has 4 rings (SSSR count). The average Bonchev–Trinajstić information content (AvgIpc) is 3.28. The first-order valence-electron chi connectivity index (χ1n) is 10.1. The van der Waals surface area contributed by atoms with Gasteiger partial charge in [0, 0.05) is 25.1 Å². The van der Waals surface area contributed by atoms with Crippen LogP contribution in [0.25, 0.3) is 11.0 Å². The van der Waals surface area contributed by atoms with Crippen LogP contribution in [-0.4, -0.2) is 38.6 Å². The largest absolute Gasteiger partial charge is 0.387 e. The summed E-state index contributed by atoms with van der Waals surface area (Å²) in [5, 5.41) is 10.6. The summed E-state index contributed by atoms with van der Waals surface area (Å²) in [7, 11) is 0. The van der Waals surface area contributed by atoms with E-state index in [-0.39, 0.29) is 24.2 Å². The van der Waals surface area contributed by atoms with Crippen molar-refractivity contribution in [3.63, 3.8) is 0 Å². The lowest BCUT2D eigenvalue weighted by Gasteiger charge is -2.27. The maximum absolute atomic E-state index is 13.3. The highest BCUT2D eigenvalue weighted by molar-refractivity contribution is 5.97. The molecule has 0 radical (unpaired) electrons. The van der Waals surface area contributed by atoms with Crippen molar-refractivity contribution in [2.24, 2.45) is 5.92 Å². The van der Waals surface area contributed by atoms with Crippen LogP contribution in [0, 0.1) is 11.7 Å². The molecule has 0 spiro atoms. The van der Waals surface area contributed by atoms with E-state index in [1.54, 1.807) is 17.0 Å². The number of halogens is 1. The summed E-state index contributed by atoms with van der Waals surface area (Å²) in [6.45, 7) is 5.70. The van der Waals surface area contributed by atoms with Gasteiger partial charge in [0.15, 0.2) is 0 Å². The van der Waals surface area contributed by atoms with Gasteiger partial charge in [-0.05, 0) is 48.2 Å². The molecule has 1 atom stereocenters. The molecule has 29 heavy (non-hydrogen) atoms.